The van der Waals surface area contributed by atoms with Crippen LogP contribution in [0.25, 0.3) is 0 Å². The van der Waals surface area contributed by atoms with E-state index in [1.165, 1.54) is 4.90 Å². The third-order valence-corrected chi connectivity index (χ3v) is 2.27. The number of carbonyl (C=O) groups excluding carboxylic acids is 2. The highest BCUT2D eigenvalue weighted by Crippen LogP contribution is 2.08. The molecule has 0 fully saturated rings. The Morgan fingerprint density at radius 3 is 2.18 bits per heavy atom. The number of halogens is 1. The van der Waals surface area contributed by atoms with Crippen LogP contribution in [0.1, 0.15) is 34.6 Å². The molecule has 17 heavy (non-hydrogen) atoms. The Kier molecular flexibility index (Phi) is 6.75. The second kappa shape index (κ2) is 6.99. The molecule has 5 heteroatoms. The van der Waals surface area contributed by atoms with Crippen molar-refractivity contribution in [2.45, 2.75) is 40.2 Å². The molecular weight excluding hydrogens is 286 g/mol. The first-order chi connectivity index (χ1) is 7.65. The van der Waals surface area contributed by atoms with Gasteiger partial charge in [-0.1, -0.05) is 29.8 Å². The Balaban J connectivity index is 4.43. The van der Waals surface area contributed by atoms with Crippen LogP contribution in [0, 0.1) is 5.92 Å². The maximum atomic E-state index is 11.6. The van der Waals surface area contributed by atoms with Gasteiger partial charge in [-0.3, -0.25) is 9.59 Å². The fraction of sp³-hybridized carbons (Fsp3) is 0.833. The largest absolute Gasteiger partial charge is 0.459 e. The minimum Gasteiger partial charge on any atom is -0.459 e. The second-order valence-electron chi connectivity index (χ2n) is 5.39. The topological polar surface area (TPSA) is 46.6 Å². The van der Waals surface area contributed by atoms with Crippen LogP contribution in [0.2, 0.25) is 0 Å². The van der Waals surface area contributed by atoms with Gasteiger partial charge in [-0.05, 0) is 26.7 Å². The predicted molar refractivity (Wildman–Crippen MR) is 71.1 cm³/mol. The van der Waals surface area contributed by atoms with Gasteiger partial charge in [0.15, 0.2) is 0 Å². The Bertz CT molecular complexity index is 271. The molecule has 0 unspecified atom stereocenters. The highest BCUT2D eigenvalue weighted by atomic mass is 79.9. The Morgan fingerprint density at radius 1 is 1.29 bits per heavy atom. The maximum Gasteiger partial charge on any atom is 0.326 e. The Hall–Kier alpha value is -0.580. The van der Waals surface area contributed by atoms with Gasteiger partial charge in [0.05, 0.1) is 5.33 Å². The number of amides is 1. The molecule has 0 aromatic carbocycles. The van der Waals surface area contributed by atoms with Crippen molar-refractivity contribution in [2.75, 3.05) is 18.4 Å². The summed E-state index contributed by atoms with van der Waals surface area (Å²) < 4.78 is 5.20. The molecular formula is C12H22BrNO3. The molecule has 0 spiro atoms. The summed E-state index contributed by atoms with van der Waals surface area (Å²) in [6, 6.07) is 0. The third-order valence-electron chi connectivity index (χ3n) is 1.79. The molecule has 4 nitrogen and oxygen atoms in total. The lowest BCUT2D eigenvalue weighted by Crippen LogP contribution is -2.41. The van der Waals surface area contributed by atoms with Crippen molar-refractivity contribution in [1.29, 1.82) is 0 Å². The maximum absolute atomic E-state index is 11.6. The number of rotatable bonds is 5. The first kappa shape index (κ1) is 16.4. The summed E-state index contributed by atoms with van der Waals surface area (Å²) in [5.74, 6) is -0.141. The van der Waals surface area contributed by atoms with E-state index in [2.05, 4.69) is 15.9 Å². The standard InChI is InChI=1S/C12H22BrNO3/c1-9(2)7-14(10(15)6-13)8-11(16)17-12(3,4)5/h9H,6-8H2,1-5H3. The first-order valence-electron chi connectivity index (χ1n) is 5.71. The van der Waals surface area contributed by atoms with E-state index < -0.39 is 5.60 Å². The lowest BCUT2D eigenvalue weighted by atomic mass is 10.2. The van der Waals surface area contributed by atoms with Gasteiger partial charge in [-0.2, -0.15) is 0 Å². The van der Waals surface area contributed by atoms with Gasteiger partial charge >= 0.3 is 5.97 Å². The summed E-state index contributed by atoms with van der Waals surface area (Å²) in [5.41, 5.74) is -0.516. The van der Waals surface area contributed by atoms with Crippen LogP contribution in [0.3, 0.4) is 0 Å². The fourth-order valence-corrected chi connectivity index (χ4v) is 1.66. The number of esters is 1. The molecule has 0 rings (SSSR count). The van der Waals surface area contributed by atoms with E-state index in [9.17, 15) is 9.59 Å². The molecule has 0 bridgehead atoms. The molecule has 0 aliphatic carbocycles. The average molecular weight is 308 g/mol. The summed E-state index contributed by atoms with van der Waals surface area (Å²) in [5, 5.41) is 0.225. The van der Waals surface area contributed by atoms with Gasteiger partial charge in [0, 0.05) is 6.54 Å². The zero-order valence-electron chi connectivity index (χ0n) is 11.2. The number of carbonyl (C=O) groups is 2. The zero-order chi connectivity index (χ0) is 13.6. The molecule has 0 heterocycles. The second-order valence-corrected chi connectivity index (χ2v) is 5.95. The molecule has 1 amide bonds. The van der Waals surface area contributed by atoms with Crippen LogP contribution in [-0.4, -0.2) is 40.8 Å². The molecule has 0 saturated carbocycles. The number of alkyl halides is 1. The highest BCUT2D eigenvalue weighted by molar-refractivity contribution is 9.09. The lowest BCUT2D eigenvalue weighted by Gasteiger charge is -2.25. The molecule has 0 aliphatic rings. The summed E-state index contributed by atoms with van der Waals surface area (Å²) in [4.78, 5) is 24.8. The van der Waals surface area contributed by atoms with E-state index in [0.29, 0.717) is 12.5 Å². The first-order valence-corrected chi connectivity index (χ1v) is 6.83. The Morgan fingerprint density at radius 2 is 1.82 bits per heavy atom. The normalized spacial score (nSPS) is 11.5. The smallest absolute Gasteiger partial charge is 0.326 e. The van der Waals surface area contributed by atoms with Crippen LogP contribution >= 0.6 is 15.9 Å². The predicted octanol–water partition coefficient (Wildman–Crippen LogP) is 2.21. The van der Waals surface area contributed by atoms with E-state index in [1.807, 2.05) is 34.6 Å². The van der Waals surface area contributed by atoms with Crippen molar-refractivity contribution >= 4 is 27.8 Å². The molecule has 0 aromatic rings. The molecule has 0 N–H and O–H groups in total. The van der Waals surface area contributed by atoms with Crippen molar-refractivity contribution < 1.29 is 14.3 Å². The van der Waals surface area contributed by atoms with Crippen LogP contribution in [-0.2, 0) is 14.3 Å². The summed E-state index contributed by atoms with van der Waals surface area (Å²) in [6.45, 7) is 10.0. The quantitative estimate of drug-likeness (QED) is 0.578. The molecule has 0 aliphatic heterocycles. The van der Waals surface area contributed by atoms with Gasteiger partial charge in [0.1, 0.15) is 12.1 Å². The van der Waals surface area contributed by atoms with Gasteiger partial charge in [-0.25, -0.2) is 0 Å². The molecule has 0 saturated heterocycles. The van der Waals surface area contributed by atoms with E-state index in [1.54, 1.807) is 0 Å². The van der Waals surface area contributed by atoms with Gasteiger partial charge in [-0.15, -0.1) is 0 Å². The van der Waals surface area contributed by atoms with Crippen LogP contribution in [0.5, 0.6) is 0 Å². The molecule has 0 atom stereocenters. The van der Waals surface area contributed by atoms with Gasteiger partial charge < -0.3 is 9.64 Å². The fourth-order valence-electron chi connectivity index (χ4n) is 1.31. The highest BCUT2D eigenvalue weighted by Gasteiger charge is 2.21. The van der Waals surface area contributed by atoms with Gasteiger partial charge in [0.2, 0.25) is 5.91 Å². The monoisotopic (exact) mass is 307 g/mol. The van der Waals surface area contributed by atoms with Crippen molar-refractivity contribution in [1.82, 2.24) is 4.90 Å². The Labute approximate surface area is 112 Å². The van der Waals surface area contributed by atoms with Crippen molar-refractivity contribution in [3.63, 3.8) is 0 Å². The number of ether oxygens (including phenoxy) is 1. The molecule has 0 radical (unpaired) electrons. The zero-order valence-corrected chi connectivity index (χ0v) is 12.8. The summed E-state index contributed by atoms with van der Waals surface area (Å²) >= 11 is 3.11. The average Bonchev–Trinajstić information content (AvgIpc) is 2.11. The molecule has 0 aromatic heterocycles. The lowest BCUT2D eigenvalue weighted by molar-refractivity contribution is -0.158. The number of nitrogens with zero attached hydrogens (tertiary/aromatic N) is 1. The minimum absolute atomic E-state index is 0.0138. The number of hydrogen-bond donors (Lipinski definition) is 0. The number of hydrogen-bond acceptors (Lipinski definition) is 3. The summed E-state index contributed by atoms with van der Waals surface area (Å²) in [7, 11) is 0. The SMILES string of the molecule is CC(C)CN(CC(=O)OC(C)(C)C)C(=O)CBr. The van der Waals surface area contributed by atoms with E-state index in [4.69, 9.17) is 4.74 Å². The van der Waals surface area contributed by atoms with Crippen LogP contribution in [0.4, 0.5) is 0 Å². The van der Waals surface area contributed by atoms with E-state index in [-0.39, 0.29) is 23.8 Å². The third kappa shape index (κ3) is 8.18. The minimum atomic E-state index is -0.516. The van der Waals surface area contributed by atoms with E-state index >= 15 is 0 Å². The van der Waals surface area contributed by atoms with Gasteiger partial charge in [0.25, 0.3) is 0 Å². The molecule has 100 valence electrons. The van der Waals surface area contributed by atoms with Crippen LogP contribution < -0.4 is 0 Å². The van der Waals surface area contributed by atoms with Crippen LogP contribution in [0.15, 0.2) is 0 Å². The van der Waals surface area contributed by atoms with Crippen molar-refractivity contribution in [2.24, 2.45) is 5.92 Å². The van der Waals surface area contributed by atoms with Crippen molar-refractivity contribution in [3.8, 4) is 0 Å². The van der Waals surface area contributed by atoms with Crippen molar-refractivity contribution in [3.05, 3.63) is 0 Å². The summed E-state index contributed by atoms with van der Waals surface area (Å²) in [6.07, 6.45) is 0. The van der Waals surface area contributed by atoms with E-state index in [0.717, 1.165) is 0 Å².